The van der Waals surface area contributed by atoms with Gasteiger partial charge in [-0.25, -0.2) is 0 Å². The predicted octanol–water partition coefficient (Wildman–Crippen LogP) is 5.58. The van der Waals surface area contributed by atoms with Gasteiger partial charge in [0, 0.05) is 6.42 Å². The van der Waals surface area contributed by atoms with Crippen LogP contribution in [0, 0.1) is 0 Å². The fourth-order valence-electron chi connectivity index (χ4n) is 3.61. The third-order valence-corrected chi connectivity index (χ3v) is 5.78. The summed E-state index contributed by atoms with van der Waals surface area (Å²) in [5.41, 5.74) is 0. The second-order valence-electron chi connectivity index (χ2n) is 8.88. The molecule has 0 radical (unpaired) electrons. The summed E-state index contributed by atoms with van der Waals surface area (Å²) in [5, 5.41) is 32.8. The first-order chi connectivity index (χ1) is 15.6. The van der Waals surface area contributed by atoms with Gasteiger partial charge in [0.15, 0.2) is 0 Å². The molecule has 5 nitrogen and oxygen atoms in total. The number of hydrogen-bond acceptors (Lipinski definition) is 4. The van der Waals surface area contributed by atoms with Crippen molar-refractivity contribution >= 4 is 5.91 Å². The molecule has 0 bridgehead atoms. The Balaban J connectivity index is 3.92. The lowest BCUT2D eigenvalue weighted by atomic mass is 10.0. The molecular formula is C27H51NO4. The number of nitrogens with one attached hydrogen (secondary N) is 1. The first-order valence-corrected chi connectivity index (χ1v) is 13.1. The van der Waals surface area contributed by atoms with Crippen molar-refractivity contribution in [3.8, 4) is 0 Å². The lowest BCUT2D eigenvalue weighted by Crippen LogP contribution is -2.50. The Bertz CT molecular complexity index is 478. The minimum Gasteiger partial charge on any atom is -0.394 e. The normalized spacial score (nSPS) is 14.8. The Hall–Kier alpha value is -1.17. The highest BCUT2D eigenvalue weighted by Crippen LogP contribution is 2.11. The molecule has 0 aromatic heterocycles. The summed E-state index contributed by atoms with van der Waals surface area (Å²) in [4.78, 5) is 12.1. The molecule has 0 aliphatic heterocycles. The zero-order valence-corrected chi connectivity index (χ0v) is 20.8. The summed E-state index contributed by atoms with van der Waals surface area (Å²) in [6.07, 6.45) is 22.7. The monoisotopic (exact) mass is 453 g/mol. The van der Waals surface area contributed by atoms with Crippen molar-refractivity contribution < 1.29 is 20.1 Å². The van der Waals surface area contributed by atoms with E-state index in [-0.39, 0.29) is 12.5 Å². The molecule has 32 heavy (non-hydrogen) atoms. The summed E-state index contributed by atoms with van der Waals surface area (Å²) >= 11 is 0. The number of aliphatic hydroxyl groups excluding tert-OH is 3. The molecule has 0 fully saturated rings. The van der Waals surface area contributed by atoms with E-state index >= 15 is 0 Å². The molecular weight excluding hydrogens is 402 g/mol. The first kappa shape index (κ1) is 30.8. The van der Waals surface area contributed by atoms with Gasteiger partial charge in [-0.1, -0.05) is 76.7 Å². The second kappa shape index (κ2) is 23.0. The molecule has 0 aliphatic rings. The van der Waals surface area contributed by atoms with Crippen LogP contribution in [-0.4, -0.2) is 46.1 Å². The summed E-state index contributed by atoms with van der Waals surface area (Å²) in [5.74, 6) is -0.176. The van der Waals surface area contributed by atoms with Crippen LogP contribution in [0.2, 0.25) is 0 Å². The number of aliphatic hydroxyl groups is 3. The van der Waals surface area contributed by atoms with Crippen molar-refractivity contribution in [2.45, 2.75) is 135 Å². The quantitative estimate of drug-likeness (QED) is 0.127. The van der Waals surface area contributed by atoms with E-state index in [0.29, 0.717) is 12.8 Å². The van der Waals surface area contributed by atoms with Gasteiger partial charge in [0.2, 0.25) is 5.91 Å². The van der Waals surface area contributed by atoms with Crippen LogP contribution in [0.1, 0.15) is 117 Å². The van der Waals surface area contributed by atoms with Crippen molar-refractivity contribution in [3.05, 3.63) is 24.3 Å². The zero-order valence-electron chi connectivity index (χ0n) is 20.8. The Labute approximate surface area is 197 Å². The van der Waals surface area contributed by atoms with Crippen LogP contribution in [0.25, 0.3) is 0 Å². The summed E-state index contributed by atoms with van der Waals surface area (Å²) < 4.78 is 0. The number of unbranched alkanes of at least 4 members (excludes halogenated alkanes) is 10. The molecule has 5 heteroatoms. The minimum absolute atomic E-state index is 0.176. The van der Waals surface area contributed by atoms with E-state index in [4.69, 9.17) is 0 Å². The maximum absolute atomic E-state index is 12.1. The molecule has 0 aromatic rings. The molecule has 0 saturated carbocycles. The molecule has 4 N–H and O–H groups in total. The molecule has 0 aliphatic carbocycles. The van der Waals surface area contributed by atoms with Crippen LogP contribution in [0.15, 0.2) is 24.3 Å². The Morgan fingerprint density at radius 2 is 1.28 bits per heavy atom. The van der Waals surface area contributed by atoms with Gasteiger partial charge in [0.1, 0.15) is 6.10 Å². The highest BCUT2D eigenvalue weighted by molar-refractivity contribution is 5.76. The van der Waals surface area contributed by atoms with Crippen LogP contribution in [0.4, 0.5) is 0 Å². The largest absolute Gasteiger partial charge is 0.394 e. The van der Waals surface area contributed by atoms with Crippen LogP contribution in [0.3, 0.4) is 0 Å². The van der Waals surface area contributed by atoms with E-state index in [1.54, 1.807) is 0 Å². The lowest BCUT2D eigenvalue weighted by Gasteiger charge is -2.26. The van der Waals surface area contributed by atoms with Crippen LogP contribution in [0.5, 0.6) is 0 Å². The predicted molar refractivity (Wildman–Crippen MR) is 135 cm³/mol. The third kappa shape index (κ3) is 18.4. The number of carbonyl (C=O) groups is 1. The van der Waals surface area contributed by atoms with Crippen LogP contribution in [-0.2, 0) is 4.79 Å². The van der Waals surface area contributed by atoms with E-state index < -0.39 is 18.2 Å². The molecule has 0 spiro atoms. The number of amides is 1. The second-order valence-corrected chi connectivity index (χ2v) is 8.88. The lowest BCUT2D eigenvalue weighted by molar-refractivity contribution is -0.124. The van der Waals surface area contributed by atoms with Crippen LogP contribution >= 0.6 is 0 Å². The van der Waals surface area contributed by atoms with Gasteiger partial charge in [0.05, 0.1) is 18.8 Å². The zero-order chi connectivity index (χ0) is 23.9. The van der Waals surface area contributed by atoms with Crippen molar-refractivity contribution in [3.63, 3.8) is 0 Å². The SMILES string of the molecule is CCCC/C=C\CCCCCCC(=O)NC(CO)C(O)C(O)CCC/C=C/CCCCC. The average Bonchev–Trinajstić information content (AvgIpc) is 2.79. The van der Waals surface area contributed by atoms with E-state index in [0.717, 1.165) is 51.4 Å². The van der Waals surface area contributed by atoms with Gasteiger partial charge in [0.25, 0.3) is 0 Å². The number of rotatable bonds is 22. The first-order valence-electron chi connectivity index (χ1n) is 13.1. The van der Waals surface area contributed by atoms with E-state index in [1.165, 1.54) is 38.5 Å². The average molecular weight is 454 g/mol. The molecule has 1 amide bonds. The molecule has 0 heterocycles. The summed E-state index contributed by atoms with van der Waals surface area (Å²) in [6, 6.07) is -0.824. The standard InChI is InChI=1S/C27H51NO4/c1-3-5-7-9-11-13-14-16-18-20-22-26(31)28-24(23-29)27(32)25(30)21-19-17-15-12-10-8-6-4-2/h9,11-12,15,24-25,27,29-30,32H,3-8,10,13-14,16-23H2,1-2H3,(H,28,31)/b11-9-,15-12+. The Kier molecular flexibility index (Phi) is 22.2. The molecule has 0 saturated heterocycles. The Morgan fingerprint density at radius 1 is 0.750 bits per heavy atom. The fraction of sp³-hybridized carbons (Fsp3) is 0.815. The van der Waals surface area contributed by atoms with E-state index in [1.807, 2.05) is 0 Å². The third-order valence-electron chi connectivity index (χ3n) is 5.78. The molecule has 3 atom stereocenters. The van der Waals surface area contributed by atoms with Gasteiger partial charge in [-0.15, -0.1) is 0 Å². The molecule has 3 unspecified atom stereocenters. The van der Waals surface area contributed by atoms with Gasteiger partial charge in [-0.2, -0.15) is 0 Å². The van der Waals surface area contributed by atoms with Gasteiger partial charge in [-0.3, -0.25) is 4.79 Å². The number of carbonyl (C=O) groups excluding carboxylic acids is 1. The van der Waals surface area contributed by atoms with Crippen molar-refractivity contribution in [1.82, 2.24) is 5.32 Å². The van der Waals surface area contributed by atoms with Gasteiger partial charge >= 0.3 is 0 Å². The summed E-state index contributed by atoms with van der Waals surface area (Å²) in [6.45, 7) is 4.01. The highest BCUT2D eigenvalue weighted by atomic mass is 16.3. The van der Waals surface area contributed by atoms with Gasteiger partial charge in [-0.05, 0) is 57.8 Å². The fourth-order valence-corrected chi connectivity index (χ4v) is 3.61. The summed E-state index contributed by atoms with van der Waals surface area (Å²) in [7, 11) is 0. The maximum Gasteiger partial charge on any atom is 0.220 e. The van der Waals surface area contributed by atoms with Gasteiger partial charge < -0.3 is 20.6 Å². The highest BCUT2D eigenvalue weighted by Gasteiger charge is 2.26. The Morgan fingerprint density at radius 3 is 1.88 bits per heavy atom. The van der Waals surface area contributed by atoms with E-state index in [9.17, 15) is 20.1 Å². The van der Waals surface area contributed by atoms with Crippen molar-refractivity contribution in [2.24, 2.45) is 0 Å². The minimum atomic E-state index is -1.16. The van der Waals surface area contributed by atoms with E-state index in [2.05, 4.69) is 43.5 Å². The van der Waals surface area contributed by atoms with Crippen molar-refractivity contribution in [1.29, 1.82) is 0 Å². The molecule has 0 rings (SSSR count). The smallest absolute Gasteiger partial charge is 0.220 e. The molecule has 188 valence electrons. The molecule has 0 aromatic carbocycles. The number of hydrogen-bond donors (Lipinski definition) is 4. The van der Waals surface area contributed by atoms with Crippen LogP contribution < -0.4 is 5.32 Å². The number of allylic oxidation sites excluding steroid dienone is 4. The van der Waals surface area contributed by atoms with Crippen molar-refractivity contribution in [2.75, 3.05) is 6.61 Å². The maximum atomic E-state index is 12.1. The topological polar surface area (TPSA) is 89.8 Å².